The van der Waals surface area contributed by atoms with E-state index >= 15 is 0 Å². The van der Waals surface area contributed by atoms with Crippen LogP contribution in [-0.4, -0.2) is 10.7 Å². The average molecular weight is 212 g/mol. The first-order valence-electron chi connectivity index (χ1n) is 6.84. The van der Waals surface area contributed by atoms with Crippen molar-refractivity contribution in [1.29, 1.82) is 0 Å². The normalized spacial score (nSPS) is 33.2. The van der Waals surface area contributed by atoms with E-state index in [0.29, 0.717) is 5.92 Å². The van der Waals surface area contributed by atoms with Gasteiger partial charge in [-0.15, -0.1) is 0 Å². The molecule has 0 aromatic rings. The lowest BCUT2D eigenvalue weighted by Crippen LogP contribution is -2.34. The minimum Gasteiger partial charge on any atom is -0.390 e. The zero-order valence-corrected chi connectivity index (χ0v) is 10.8. The highest BCUT2D eigenvalue weighted by molar-refractivity contribution is 4.91. The van der Waals surface area contributed by atoms with Crippen LogP contribution in [0.25, 0.3) is 0 Å². The number of aliphatic hydroxyl groups is 1. The Morgan fingerprint density at radius 2 is 2.13 bits per heavy atom. The third kappa shape index (κ3) is 3.48. The molecule has 1 rings (SSSR count). The minimum absolute atomic E-state index is 0.325. The van der Waals surface area contributed by atoms with Gasteiger partial charge in [0.15, 0.2) is 0 Å². The smallest absolute Gasteiger partial charge is 0.0675 e. The molecule has 1 saturated carbocycles. The first-order valence-corrected chi connectivity index (χ1v) is 6.84. The summed E-state index contributed by atoms with van der Waals surface area (Å²) in [5, 5.41) is 10.6. The van der Waals surface area contributed by atoms with Crippen molar-refractivity contribution in [3.63, 3.8) is 0 Å². The minimum atomic E-state index is -0.325. The lowest BCUT2D eigenvalue weighted by atomic mass is 9.80. The molecule has 1 fully saturated rings. The van der Waals surface area contributed by atoms with Crippen LogP contribution in [0.3, 0.4) is 0 Å². The molecule has 90 valence electrons. The molecule has 3 atom stereocenters. The molecule has 0 aromatic carbocycles. The van der Waals surface area contributed by atoms with Gasteiger partial charge in [0.05, 0.1) is 5.60 Å². The predicted molar refractivity (Wildman–Crippen MR) is 65.9 cm³/mol. The summed E-state index contributed by atoms with van der Waals surface area (Å²) in [7, 11) is 0. The third-order valence-electron chi connectivity index (χ3n) is 4.35. The van der Waals surface area contributed by atoms with Crippen molar-refractivity contribution in [1.82, 2.24) is 0 Å². The molecule has 0 saturated heterocycles. The van der Waals surface area contributed by atoms with Crippen molar-refractivity contribution in [2.75, 3.05) is 0 Å². The molecule has 0 aliphatic heterocycles. The number of hydrogen-bond acceptors (Lipinski definition) is 1. The monoisotopic (exact) mass is 212 g/mol. The molecule has 15 heavy (non-hydrogen) atoms. The molecule has 0 spiro atoms. The maximum Gasteiger partial charge on any atom is 0.0675 e. The Morgan fingerprint density at radius 3 is 2.60 bits per heavy atom. The van der Waals surface area contributed by atoms with E-state index in [0.717, 1.165) is 18.8 Å². The van der Waals surface area contributed by atoms with Gasteiger partial charge >= 0.3 is 0 Å². The summed E-state index contributed by atoms with van der Waals surface area (Å²) in [6.07, 6.45) is 9.68. The summed E-state index contributed by atoms with van der Waals surface area (Å²) in [5.74, 6) is 1.27. The van der Waals surface area contributed by atoms with Crippen LogP contribution in [0.1, 0.15) is 72.1 Å². The molecular weight excluding hydrogens is 184 g/mol. The van der Waals surface area contributed by atoms with E-state index in [1.54, 1.807) is 0 Å². The van der Waals surface area contributed by atoms with Crippen LogP contribution < -0.4 is 0 Å². The van der Waals surface area contributed by atoms with Crippen LogP contribution in [0.15, 0.2) is 0 Å². The Bertz CT molecular complexity index is 178. The van der Waals surface area contributed by atoms with E-state index in [-0.39, 0.29) is 5.60 Å². The Hall–Kier alpha value is -0.0400. The van der Waals surface area contributed by atoms with E-state index in [4.69, 9.17) is 0 Å². The van der Waals surface area contributed by atoms with Crippen LogP contribution >= 0.6 is 0 Å². The molecule has 1 heteroatoms. The first-order chi connectivity index (χ1) is 7.12. The fourth-order valence-electron chi connectivity index (χ4n) is 2.98. The molecule has 0 bridgehead atoms. The lowest BCUT2D eigenvalue weighted by molar-refractivity contribution is -0.0153. The van der Waals surface area contributed by atoms with Gasteiger partial charge in [0, 0.05) is 0 Å². The molecule has 1 aliphatic rings. The van der Waals surface area contributed by atoms with E-state index in [1.165, 1.54) is 38.5 Å². The zero-order chi connectivity index (χ0) is 11.3. The fourth-order valence-corrected chi connectivity index (χ4v) is 2.98. The molecule has 1 aliphatic carbocycles. The number of unbranched alkanes of at least 4 members (excludes halogenated alkanes) is 1. The summed E-state index contributed by atoms with van der Waals surface area (Å²) < 4.78 is 0. The van der Waals surface area contributed by atoms with Crippen molar-refractivity contribution in [3.8, 4) is 0 Å². The van der Waals surface area contributed by atoms with Crippen molar-refractivity contribution < 1.29 is 5.11 Å². The molecule has 0 amide bonds. The highest BCUT2D eigenvalue weighted by Gasteiger charge is 2.39. The molecule has 3 unspecified atom stereocenters. The van der Waals surface area contributed by atoms with Crippen molar-refractivity contribution in [3.05, 3.63) is 0 Å². The van der Waals surface area contributed by atoms with Gasteiger partial charge in [0.1, 0.15) is 0 Å². The van der Waals surface area contributed by atoms with Crippen molar-refractivity contribution in [2.24, 2.45) is 11.8 Å². The van der Waals surface area contributed by atoms with Gasteiger partial charge < -0.3 is 5.11 Å². The summed E-state index contributed by atoms with van der Waals surface area (Å²) in [6.45, 7) is 6.74. The van der Waals surface area contributed by atoms with E-state index < -0.39 is 0 Å². The molecular formula is C14H28O. The highest BCUT2D eigenvalue weighted by atomic mass is 16.3. The van der Waals surface area contributed by atoms with Crippen LogP contribution in [0.5, 0.6) is 0 Å². The van der Waals surface area contributed by atoms with Gasteiger partial charge in [0.25, 0.3) is 0 Å². The Labute approximate surface area is 95.3 Å². The second kappa shape index (κ2) is 5.89. The fraction of sp³-hybridized carbons (Fsp3) is 1.00. The standard InChI is InChI=1S/C14H28O/c1-4-6-9-13(5-2)11-14(15)10-7-8-12(14)3/h12-13,15H,4-11H2,1-3H3. The van der Waals surface area contributed by atoms with Gasteiger partial charge in [0.2, 0.25) is 0 Å². The first kappa shape index (κ1) is 13.0. The second-order valence-electron chi connectivity index (χ2n) is 5.52. The Kier molecular flexibility index (Phi) is 5.11. The molecule has 0 heterocycles. The van der Waals surface area contributed by atoms with Crippen LogP contribution in [0, 0.1) is 11.8 Å². The Balaban J connectivity index is 2.42. The van der Waals surface area contributed by atoms with E-state index in [9.17, 15) is 5.11 Å². The van der Waals surface area contributed by atoms with Gasteiger partial charge in [-0.3, -0.25) is 0 Å². The molecule has 0 aromatic heterocycles. The number of hydrogen-bond donors (Lipinski definition) is 1. The van der Waals surface area contributed by atoms with Gasteiger partial charge in [-0.25, -0.2) is 0 Å². The zero-order valence-electron chi connectivity index (χ0n) is 10.8. The molecule has 1 nitrogen and oxygen atoms in total. The molecule has 0 radical (unpaired) electrons. The van der Waals surface area contributed by atoms with Crippen molar-refractivity contribution in [2.45, 2.75) is 77.7 Å². The summed E-state index contributed by atoms with van der Waals surface area (Å²) in [4.78, 5) is 0. The quantitative estimate of drug-likeness (QED) is 0.701. The van der Waals surface area contributed by atoms with Crippen LogP contribution in [0.4, 0.5) is 0 Å². The van der Waals surface area contributed by atoms with Crippen molar-refractivity contribution >= 4 is 0 Å². The number of rotatable bonds is 6. The Morgan fingerprint density at radius 1 is 1.40 bits per heavy atom. The largest absolute Gasteiger partial charge is 0.390 e. The van der Waals surface area contributed by atoms with Crippen LogP contribution in [-0.2, 0) is 0 Å². The van der Waals surface area contributed by atoms with Gasteiger partial charge in [-0.05, 0) is 31.1 Å². The van der Waals surface area contributed by atoms with E-state index in [2.05, 4.69) is 20.8 Å². The second-order valence-corrected chi connectivity index (χ2v) is 5.52. The average Bonchev–Trinajstić information content (AvgIpc) is 2.54. The SMILES string of the molecule is CCCCC(CC)CC1(O)CCCC1C. The summed E-state index contributed by atoms with van der Waals surface area (Å²) in [6, 6.07) is 0. The summed E-state index contributed by atoms with van der Waals surface area (Å²) in [5.41, 5.74) is -0.325. The van der Waals surface area contributed by atoms with Crippen LogP contribution in [0.2, 0.25) is 0 Å². The topological polar surface area (TPSA) is 20.2 Å². The van der Waals surface area contributed by atoms with E-state index in [1.807, 2.05) is 0 Å². The maximum absolute atomic E-state index is 10.6. The maximum atomic E-state index is 10.6. The van der Waals surface area contributed by atoms with Gasteiger partial charge in [-0.2, -0.15) is 0 Å². The highest BCUT2D eigenvalue weighted by Crippen LogP contribution is 2.41. The molecule has 1 N–H and O–H groups in total. The predicted octanol–water partition coefficient (Wildman–Crippen LogP) is 4.14. The summed E-state index contributed by atoms with van der Waals surface area (Å²) >= 11 is 0. The lowest BCUT2D eigenvalue weighted by Gasteiger charge is -2.31. The van der Waals surface area contributed by atoms with Gasteiger partial charge in [-0.1, -0.05) is 52.9 Å². The third-order valence-corrected chi connectivity index (χ3v) is 4.35.